The van der Waals surface area contributed by atoms with Gasteiger partial charge in [0.15, 0.2) is 0 Å². The van der Waals surface area contributed by atoms with Crippen LogP contribution in [0.2, 0.25) is 0 Å². The summed E-state index contributed by atoms with van der Waals surface area (Å²) in [5.41, 5.74) is 7.33. The molecule has 18 heavy (non-hydrogen) atoms. The van der Waals surface area contributed by atoms with Crippen molar-refractivity contribution in [3.05, 3.63) is 33.9 Å². The van der Waals surface area contributed by atoms with Gasteiger partial charge >= 0.3 is 0 Å². The number of benzene rings is 1. The van der Waals surface area contributed by atoms with E-state index in [0.29, 0.717) is 23.9 Å². The lowest BCUT2D eigenvalue weighted by atomic mass is 9.96. The highest BCUT2D eigenvalue weighted by molar-refractivity contribution is 5.59. The molecule has 100 valence electrons. The predicted molar refractivity (Wildman–Crippen MR) is 73.7 cm³/mol. The van der Waals surface area contributed by atoms with E-state index in [1.54, 1.807) is 13.0 Å². The predicted octanol–water partition coefficient (Wildman–Crippen LogP) is 2.55. The van der Waals surface area contributed by atoms with E-state index >= 15 is 0 Å². The first kappa shape index (κ1) is 14.4. The van der Waals surface area contributed by atoms with E-state index < -0.39 is 0 Å². The molecular formula is C13H21N3O2. The van der Waals surface area contributed by atoms with Crippen LogP contribution in [0.25, 0.3) is 0 Å². The summed E-state index contributed by atoms with van der Waals surface area (Å²) < 4.78 is 0. The quantitative estimate of drug-likeness (QED) is 0.601. The Labute approximate surface area is 108 Å². The lowest BCUT2D eigenvalue weighted by Gasteiger charge is -2.20. The number of hydrogen-bond acceptors (Lipinski definition) is 4. The lowest BCUT2D eigenvalue weighted by Crippen LogP contribution is -2.27. The van der Waals surface area contributed by atoms with Crippen LogP contribution in [0.5, 0.6) is 0 Å². The highest BCUT2D eigenvalue weighted by Crippen LogP contribution is 2.25. The normalized spacial score (nSPS) is 12.5. The van der Waals surface area contributed by atoms with Gasteiger partial charge in [-0.1, -0.05) is 19.9 Å². The van der Waals surface area contributed by atoms with E-state index in [1.165, 1.54) is 6.07 Å². The second-order valence-corrected chi connectivity index (χ2v) is 4.83. The summed E-state index contributed by atoms with van der Waals surface area (Å²) in [5.74, 6) is 0.852. The summed E-state index contributed by atoms with van der Waals surface area (Å²) in [5, 5.41) is 14.1. The zero-order valence-corrected chi connectivity index (χ0v) is 11.1. The SMILES string of the molecule is Cc1c(NCC(CN)C(C)C)cccc1[N+](=O)[O-]. The minimum Gasteiger partial charge on any atom is -0.384 e. The Morgan fingerprint density at radius 2 is 2.11 bits per heavy atom. The van der Waals surface area contributed by atoms with Gasteiger partial charge < -0.3 is 11.1 Å². The molecule has 0 amide bonds. The highest BCUT2D eigenvalue weighted by atomic mass is 16.6. The summed E-state index contributed by atoms with van der Waals surface area (Å²) in [6, 6.07) is 5.07. The third-order valence-electron chi connectivity index (χ3n) is 3.30. The smallest absolute Gasteiger partial charge is 0.274 e. The molecule has 0 aliphatic carbocycles. The molecule has 1 rings (SSSR count). The Morgan fingerprint density at radius 1 is 1.44 bits per heavy atom. The molecule has 1 unspecified atom stereocenters. The van der Waals surface area contributed by atoms with Crippen LogP contribution in [0.1, 0.15) is 19.4 Å². The Bertz CT molecular complexity index is 419. The molecule has 0 radical (unpaired) electrons. The summed E-state index contributed by atoms with van der Waals surface area (Å²) in [4.78, 5) is 10.5. The second-order valence-electron chi connectivity index (χ2n) is 4.83. The van der Waals surface area contributed by atoms with Crippen molar-refractivity contribution in [1.82, 2.24) is 0 Å². The molecule has 0 saturated heterocycles. The fraction of sp³-hybridized carbons (Fsp3) is 0.538. The molecule has 0 aliphatic rings. The van der Waals surface area contributed by atoms with E-state index in [1.807, 2.05) is 6.07 Å². The van der Waals surface area contributed by atoms with Crippen molar-refractivity contribution in [3.8, 4) is 0 Å². The monoisotopic (exact) mass is 251 g/mol. The van der Waals surface area contributed by atoms with Crippen LogP contribution in [0.15, 0.2) is 18.2 Å². The highest BCUT2D eigenvalue weighted by Gasteiger charge is 2.15. The number of nitrogens with two attached hydrogens (primary N) is 1. The molecule has 0 spiro atoms. The molecule has 0 aromatic heterocycles. The van der Waals surface area contributed by atoms with E-state index in [0.717, 1.165) is 12.2 Å². The molecular weight excluding hydrogens is 230 g/mol. The van der Waals surface area contributed by atoms with Crippen molar-refractivity contribution >= 4 is 11.4 Å². The van der Waals surface area contributed by atoms with Gasteiger partial charge in [-0.15, -0.1) is 0 Å². The number of nitro groups is 1. The van der Waals surface area contributed by atoms with Crippen molar-refractivity contribution in [2.45, 2.75) is 20.8 Å². The molecule has 1 aromatic rings. The molecule has 1 atom stereocenters. The fourth-order valence-corrected chi connectivity index (χ4v) is 1.85. The number of hydrogen-bond donors (Lipinski definition) is 2. The van der Waals surface area contributed by atoms with Crippen molar-refractivity contribution in [2.75, 3.05) is 18.4 Å². The number of nitrogens with zero attached hydrogens (tertiary/aromatic N) is 1. The summed E-state index contributed by atoms with van der Waals surface area (Å²) >= 11 is 0. The van der Waals surface area contributed by atoms with Gasteiger partial charge in [-0.3, -0.25) is 10.1 Å². The fourth-order valence-electron chi connectivity index (χ4n) is 1.85. The van der Waals surface area contributed by atoms with Crippen LogP contribution in [-0.4, -0.2) is 18.0 Å². The van der Waals surface area contributed by atoms with E-state index in [9.17, 15) is 10.1 Å². The van der Waals surface area contributed by atoms with Crippen LogP contribution in [0.3, 0.4) is 0 Å². The van der Waals surface area contributed by atoms with E-state index in [2.05, 4.69) is 19.2 Å². The number of nitrogens with one attached hydrogen (secondary N) is 1. The third-order valence-corrected chi connectivity index (χ3v) is 3.30. The average molecular weight is 251 g/mol. The first-order valence-corrected chi connectivity index (χ1v) is 6.15. The maximum Gasteiger partial charge on any atom is 0.274 e. The van der Waals surface area contributed by atoms with Gasteiger partial charge in [-0.25, -0.2) is 0 Å². The molecule has 3 N–H and O–H groups in total. The Hall–Kier alpha value is -1.62. The van der Waals surface area contributed by atoms with E-state index in [4.69, 9.17) is 5.73 Å². The van der Waals surface area contributed by atoms with Gasteiger partial charge in [0.1, 0.15) is 0 Å². The van der Waals surface area contributed by atoms with Gasteiger partial charge in [0.2, 0.25) is 0 Å². The van der Waals surface area contributed by atoms with Crippen LogP contribution >= 0.6 is 0 Å². The van der Waals surface area contributed by atoms with Gasteiger partial charge in [0.25, 0.3) is 5.69 Å². The van der Waals surface area contributed by atoms with Crippen molar-refractivity contribution in [2.24, 2.45) is 17.6 Å². The maximum absolute atomic E-state index is 10.8. The summed E-state index contributed by atoms with van der Waals surface area (Å²) in [7, 11) is 0. The largest absolute Gasteiger partial charge is 0.384 e. The molecule has 0 bridgehead atoms. The van der Waals surface area contributed by atoms with Gasteiger partial charge in [0.05, 0.1) is 4.92 Å². The number of nitro benzene ring substituents is 1. The average Bonchev–Trinajstić information content (AvgIpc) is 2.31. The zero-order valence-electron chi connectivity index (χ0n) is 11.1. The molecule has 0 heterocycles. The topological polar surface area (TPSA) is 81.2 Å². The zero-order chi connectivity index (χ0) is 13.7. The summed E-state index contributed by atoms with van der Waals surface area (Å²) in [6.45, 7) is 7.35. The maximum atomic E-state index is 10.8. The van der Waals surface area contributed by atoms with Crippen molar-refractivity contribution in [3.63, 3.8) is 0 Å². The van der Waals surface area contributed by atoms with Gasteiger partial charge in [-0.2, -0.15) is 0 Å². The Balaban J connectivity index is 2.79. The Kier molecular flexibility index (Phi) is 5.09. The second kappa shape index (κ2) is 6.35. The standard InChI is InChI=1S/C13H21N3O2/c1-9(2)11(7-14)8-15-12-5-4-6-13(10(12)3)16(17)18/h4-6,9,11,15H,7-8,14H2,1-3H3. The van der Waals surface area contributed by atoms with Gasteiger partial charge in [0, 0.05) is 23.9 Å². The van der Waals surface area contributed by atoms with Crippen molar-refractivity contribution < 1.29 is 4.92 Å². The van der Waals surface area contributed by atoms with Crippen LogP contribution < -0.4 is 11.1 Å². The minimum atomic E-state index is -0.358. The van der Waals surface area contributed by atoms with Crippen LogP contribution in [0.4, 0.5) is 11.4 Å². The first-order valence-electron chi connectivity index (χ1n) is 6.15. The first-order chi connectivity index (χ1) is 8.47. The summed E-state index contributed by atoms with van der Waals surface area (Å²) in [6.07, 6.45) is 0. The molecule has 5 heteroatoms. The van der Waals surface area contributed by atoms with Gasteiger partial charge in [-0.05, 0) is 31.4 Å². The lowest BCUT2D eigenvalue weighted by molar-refractivity contribution is -0.385. The molecule has 1 aromatic carbocycles. The minimum absolute atomic E-state index is 0.147. The number of rotatable bonds is 6. The Morgan fingerprint density at radius 3 is 2.61 bits per heavy atom. The molecule has 5 nitrogen and oxygen atoms in total. The molecule has 0 saturated carbocycles. The molecule has 0 fully saturated rings. The van der Waals surface area contributed by atoms with E-state index in [-0.39, 0.29) is 10.6 Å². The van der Waals surface area contributed by atoms with Crippen LogP contribution in [0, 0.1) is 28.9 Å². The third kappa shape index (κ3) is 3.43. The number of anilines is 1. The van der Waals surface area contributed by atoms with Crippen LogP contribution in [-0.2, 0) is 0 Å². The molecule has 0 aliphatic heterocycles. The van der Waals surface area contributed by atoms with Crippen molar-refractivity contribution in [1.29, 1.82) is 0 Å².